The maximum Gasteiger partial charge on any atom is 0.335 e. The molecule has 1 aromatic carbocycles. The summed E-state index contributed by atoms with van der Waals surface area (Å²) in [6.07, 6.45) is 0. The highest BCUT2D eigenvalue weighted by Crippen LogP contribution is 2.16. The second kappa shape index (κ2) is 5.41. The van der Waals surface area contributed by atoms with E-state index in [1.165, 1.54) is 6.92 Å². The fraction of sp³-hybridized carbons (Fsp3) is 0.0833. The zero-order valence-corrected chi connectivity index (χ0v) is 10.7. The second-order valence-corrected chi connectivity index (χ2v) is 4.00. The number of aryl methyl sites for hydroxylation is 1. The van der Waals surface area contributed by atoms with Gasteiger partial charge in [-0.2, -0.15) is 4.98 Å². The van der Waals surface area contributed by atoms with Crippen LogP contribution in [0.15, 0.2) is 22.7 Å². The van der Waals surface area contributed by atoms with Crippen LogP contribution in [0.3, 0.4) is 0 Å². The lowest BCUT2D eigenvalue weighted by atomic mass is 10.1. The maximum atomic E-state index is 11.8. The molecule has 0 aliphatic rings. The third-order valence-corrected chi connectivity index (χ3v) is 2.42. The van der Waals surface area contributed by atoms with Gasteiger partial charge in [0.05, 0.1) is 11.1 Å². The molecule has 0 aliphatic heterocycles. The number of anilines is 1. The summed E-state index contributed by atoms with van der Waals surface area (Å²) in [7, 11) is 0. The number of aromatic carboxylic acids is 2. The Hall–Kier alpha value is -3.23. The van der Waals surface area contributed by atoms with E-state index >= 15 is 0 Å². The average Bonchev–Trinajstić information content (AvgIpc) is 2.85. The molecule has 1 heterocycles. The van der Waals surface area contributed by atoms with E-state index in [1.54, 1.807) is 0 Å². The largest absolute Gasteiger partial charge is 0.478 e. The second-order valence-electron chi connectivity index (χ2n) is 4.00. The van der Waals surface area contributed by atoms with Crippen molar-refractivity contribution in [3.05, 3.63) is 41.0 Å². The molecule has 21 heavy (non-hydrogen) atoms. The SMILES string of the molecule is Cc1nc(C(=O)Nc2cc(C(=O)O)cc(C(=O)O)c2)no1. The molecule has 0 aliphatic carbocycles. The molecule has 0 fully saturated rings. The summed E-state index contributed by atoms with van der Waals surface area (Å²) in [5, 5.41) is 23.6. The summed E-state index contributed by atoms with van der Waals surface area (Å²) in [6, 6.07) is 3.23. The van der Waals surface area contributed by atoms with E-state index in [9.17, 15) is 14.4 Å². The van der Waals surface area contributed by atoms with Crippen molar-refractivity contribution in [3.63, 3.8) is 0 Å². The number of carboxylic acids is 2. The topological polar surface area (TPSA) is 143 Å². The smallest absolute Gasteiger partial charge is 0.335 e. The number of nitrogens with zero attached hydrogens (tertiary/aromatic N) is 2. The maximum absolute atomic E-state index is 11.8. The number of hydrogen-bond donors (Lipinski definition) is 3. The number of rotatable bonds is 4. The molecule has 1 aromatic heterocycles. The fourth-order valence-corrected chi connectivity index (χ4v) is 1.53. The molecule has 0 unspecified atom stereocenters. The van der Waals surface area contributed by atoms with Crippen LogP contribution in [0, 0.1) is 6.92 Å². The lowest BCUT2D eigenvalue weighted by Gasteiger charge is -2.05. The Kier molecular flexibility index (Phi) is 3.65. The summed E-state index contributed by atoms with van der Waals surface area (Å²) >= 11 is 0. The molecular formula is C12H9N3O6. The van der Waals surface area contributed by atoms with Gasteiger partial charge in [-0.15, -0.1) is 0 Å². The molecule has 0 radical (unpaired) electrons. The molecule has 3 N–H and O–H groups in total. The summed E-state index contributed by atoms with van der Waals surface area (Å²) in [5.74, 6) is -3.44. The van der Waals surface area contributed by atoms with Gasteiger partial charge in [-0.3, -0.25) is 4.79 Å². The van der Waals surface area contributed by atoms with Crippen molar-refractivity contribution in [2.45, 2.75) is 6.92 Å². The highest BCUT2D eigenvalue weighted by atomic mass is 16.5. The minimum atomic E-state index is -1.32. The Bertz CT molecular complexity index is 704. The molecule has 108 valence electrons. The van der Waals surface area contributed by atoms with E-state index in [4.69, 9.17) is 10.2 Å². The number of hydrogen-bond acceptors (Lipinski definition) is 6. The Balaban J connectivity index is 2.32. The first-order valence-electron chi connectivity index (χ1n) is 5.60. The first-order valence-corrected chi connectivity index (χ1v) is 5.60. The van der Waals surface area contributed by atoms with Crippen molar-refractivity contribution in [2.24, 2.45) is 0 Å². The highest BCUT2D eigenvalue weighted by molar-refractivity contribution is 6.03. The van der Waals surface area contributed by atoms with Crippen LogP contribution >= 0.6 is 0 Å². The zero-order valence-electron chi connectivity index (χ0n) is 10.7. The van der Waals surface area contributed by atoms with Gasteiger partial charge in [0.2, 0.25) is 5.89 Å². The number of benzene rings is 1. The van der Waals surface area contributed by atoms with Crippen molar-refractivity contribution in [1.82, 2.24) is 10.1 Å². The van der Waals surface area contributed by atoms with Crippen LogP contribution in [-0.2, 0) is 0 Å². The number of nitrogens with one attached hydrogen (secondary N) is 1. The molecule has 2 rings (SSSR count). The van der Waals surface area contributed by atoms with Crippen LogP contribution in [0.2, 0.25) is 0 Å². The van der Waals surface area contributed by atoms with Crippen molar-refractivity contribution in [1.29, 1.82) is 0 Å². The van der Waals surface area contributed by atoms with Gasteiger partial charge in [-0.25, -0.2) is 9.59 Å². The van der Waals surface area contributed by atoms with Crippen LogP contribution in [0.1, 0.15) is 37.2 Å². The standard InChI is InChI=1S/C12H9N3O6/c1-5-13-9(15-21-5)10(16)14-8-3-6(11(17)18)2-7(4-8)12(19)20/h2-4H,1H3,(H,14,16)(H,17,18)(H,19,20). The van der Waals surface area contributed by atoms with Gasteiger partial charge in [0, 0.05) is 12.6 Å². The van der Waals surface area contributed by atoms with Crippen LogP contribution in [0.25, 0.3) is 0 Å². The minimum Gasteiger partial charge on any atom is -0.478 e. The van der Waals surface area contributed by atoms with Gasteiger partial charge < -0.3 is 20.1 Å². The third-order valence-electron chi connectivity index (χ3n) is 2.42. The van der Waals surface area contributed by atoms with Crippen molar-refractivity contribution >= 4 is 23.5 Å². The van der Waals surface area contributed by atoms with Gasteiger partial charge in [-0.05, 0) is 18.2 Å². The molecule has 0 bridgehead atoms. The van der Waals surface area contributed by atoms with Crippen LogP contribution in [0.5, 0.6) is 0 Å². The van der Waals surface area contributed by atoms with E-state index in [0.717, 1.165) is 18.2 Å². The van der Waals surface area contributed by atoms with Gasteiger partial charge in [0.25, 0.3) is 11.7 Å². The minimum absolute atomic E-state index is 0.000229. The molecule has 2 aromatic rings. The Morgan fingerprint density at radius 3 is 2.10 bits per heavy atom. The summed E-state index contributed by atoms with van der Waals surface area (Å²) in [5.41, 5.74) is -0.538. The van der Waals surface area contributed by atoms with Gasteiger partial charge in [-0.1, -0.05) is 5.16 Å². The Labute approximate surface area is 117 Å². The van der Waals surface area contributed by atoms with Crippen molar-refractivity contribution in [3.8, 4) is 0 Å². The molecule has 0 atom stereocenters. The van der Waals surface area contributed by atoms with Crippen molar-refractivity contribution in [2.75, 3.05) is 5.32 Å². The summed E-state index contributed by atoms with van der Waals surface area (Å²) in [4.78, 5) is 37.4. The van der Waals surface area contributed by atoms with Crippen LogP contribution < -0.4 is 5.32 Å². The first kappa shape index (κ1) is 14.2. The van der Waals surface area contributed by atoms with Crippen LogP contribution in [0.4, 0.5) is 5.69 Å². The average molecular weight is 291 g/mol. The molecule has 9 heteroatoms. The Morgan fingerprint density at radius 1 is 1.10 bits per heavy atom. The molecule has 9 nitrogen and oxygen atoms in total. The lowest BCUT2D eigenvalue weighted by Crippen LogP contribution is -2.15. The van der Waals surface area contributed by atoms with Gasteiger partial charge >= 0.3 is 11.9 Å². The highest BCUT2D eigenvalue weighted by Gasteiger charge is 2.16. The van der Waals surface area contributed by atoms with E-state index < -0.39 is 17.8 Å². The molecule has 0 saturated carbocycles. The van der Waals surface area contributed by atoms with E-state index in [-0.39, 0.29) is 28.5 Å². The summed E-state index contributed by atoms with van der Waals surface area (Å²) < 4.78 is 4.64. The monoisotopic (exact) mass is 291 g/mol. The molecular weight excluding hydrogens is 282 g/mol. The predicted molar refractivity (Wildman–Crippen MR) is 67.3 cm³/mol. The number of aromatic nitrogens is 2. The molecule has 0 saturated heterocycles. The summed E-state index contributed by atoms with van der Waals surface area (Å²) in [6.45, 7) is 1.50. The number of carbonyl (C=O) groups excluding carboxylic acids is 1. The number of carboxylic acid groups (broad SMARTS) is 2. The van der Waals surface area contributed by atoms with Gasteiger partial charge in [0.15, 0.2) is 0 Å². The van der Waals surface area contributed by atoms with E-state index in [2.05, 4.69) is 20.0 Å². The molecule has 1 amide bonds. The van der Waals surface area contributed by atoms with Gasteiger partial charge in [0.1, 0.15) is 0 Å². The molecule has 0 spiro atoms. The number of carbonyl (C=O) groups is 3. The Morgan fingerprint density at radius 2 is 1.67 bits per heavy atom. The predicted octanol–water partition coefficient (Wildman–Crippen LogP) is 1.03. The number of amides is 1. The van der Waals surface area contributed by atoms with E-state index in [1.807, 2.05) is 0 Å². The fourth-order valence-electron chi connectivity index (χ4n) is 1.53. The lowest BCUT2D eigenvalue weighted by molar-refractivity contribution is 0.0696. The van der Waals surface area contributed by atoms with E-state index in [0.29, 0.717) is 0 Å². The zero-order chi connectivity index (χ0) is 15.6. The third kappa shape index (κ3) is 3.21. The first-order chi connectivity index (χ1) is 9.86. The van der Waals surface area contributed by atoms with Crippen molar-refractivity contribution < 1.29 is 29.1 Å². The van der Waals surface area contributed by atoms with Crippen LogP contribution in [-0.4, -0.2) is 38.2 Å². The normalized spacial score (nSPS) is 10.1. The quantitative estimate of drug-likeness (QED) is 0.757.